The van der Waals surface area contributed by atoms with E-state index in [0.29, 0.717) is 6.42 Å². The van der Waals surface area contributed by atoms with E-state index in [-0.39, 0.29) is 11.6 Å². The topological polar surface area (TPSA) is 29.1 Å². The highest BCUT2D eigenvalue weighted by molar-refractivity contribution is 5.94. The van der Waals surface area contributed by atoms with E-state index in [1.807, 2.05) is 13.8 Å². The molecule has 0 aliphatic rings. The Morgan fingerprint density at radius 2 is 2.29 bits per heavy atom. The first-order valence-electron chi connectivity index (χ1n) is 5.59. The fourth-order valence-electron chi connectivity index (χ4n) is 1.52. The van der Waals surface area contributed by atoms with Gasteiger partial charge in [0.25, 0.3) is 5.91 Å². The zero-order chi connectivity index (χ0) is 12.8. The Morgan fingerprint density at radius 1 is 1.59 bits per heavy atom. The zero-order valence-electron chi connectivity index (χ0n) is 10.1. The highest BCUT2D eigenvalue weighted by atomic mass is 19.1. The second-order valence-corrected chi connectivity index (χ2v) is 3.97. The summed E-state index contributed by atoms with van der Waals surface area (Å²) in [5.74, 6) is 1.57. The average Bonchev–Trinajstić information content (AvgIpc) is 2.31. The molecule has 1 rings (SSSR count). The van der Waals surface area contributed by atoms with E-state index in [4.69, 9.17) is 6.42 Å². The van der Waals surface area contributed by atoms with Crippen LogP contribution >= 0.6 is 0 Å². The van der Waals surface area contributed by atoms with Crippen molar-refractivity contribution in [3.05, 3.63) is 35.1 Å². The summed E-state index contributed by atoms with van der Waals surface area (Å²) in [5, 5.41) is 2.73. The van der Waals surface area contributed by atoms with Gasteiger partial charge in [-0.15, -0.1) is 12.3 Å². The third-order valence-corrected chi connectivity index (χ3v) is 2.56. The summed E-state index contributed by atoms with van der Waals surface area (Å²) < 4.78 is 13.5. The second kappa shape index (κ2) is 6.05. The van der Waals surface area contributed by atoms with E-state index in [2.05, 4.69) is 11.2 Å². The monoisotopic (exact) mass is 233 g/mol. The van der Waals surface area contributed by atoms with Gasteiger partial charge >= 0.3 is 0 Å². The van der Waals surface area contributed by atoms with E-state index in [0.717, 1.165) is 12.0 Å². The minimum atomic E-state index is -0.510. The largest absolute Gasteiger partial charge is 0.348 e. The molecular formula is C14H16FNO. The number of aryl methyl sites for hydroxylation is 1. The predicted octanol–water partition coefficient (Wildman–Crippen LogP) is 2.67. The summed E-state index contributed by atoms with van der Waals surface area (Å²) in [5.41, 5.74) is 0.919. The van der Waals surface area contributed by atoms with Gasteiger partial charge in [-0.3, -0.25) is 4.79 Å². The summed E-state index contributed by atoms with van der Waals surface area (Å²) in [6.45, 7) is 3.74. The lowest BCUT2D eigenvalue weighted by Gasteiger charge is -2.14. The molecule has 0 radical (unpaired) electrons. The molecule has 0 spiro atoms. The Kier molecular flexibility index (Phi) is 4.71. The molecule has 0 saturated carbocycles. The molecule has 1 atom stereocenters. The van der Waals surface area contributed by atoms with Gasteiger partial charge in [0.15, 0.2) is 0 Å². The quantitative estimate of drug-likeness (QED) is 0.796. The number of carbonyl (C=O) groups is 1. The lowest BCUT2D eigenvalue weighted by molar-refractivity contribution is 0.0932. The molecule has 90 valence electrons. The first-order chi connectivity index (χ1) is 8.08. The molecule has 0 aliphatic carbocycles. The standard InChI is InChI=1S/C14H16FNO/c1-4-6-11(5-2)16-14(17)12-9-10(3)7-8-13(12)15/h1,7-9,11H,5-6H2,2-3H3,(H,16,17). The summed E-state index contributed by atoms with van der Waals surface area (Å²) in [6, 6.07) is 4.36. The molecule has 0 aliphatic heterocycles. The van der Waals surface area contributed by atoms with Crippen LogP contribution in [0.5, 0.6) is 0 Å². The van der Waals surface area contributed by atoms with E-state index < -0.39 is 11.7 Å². The Hall–Kier alpha value is -1.82. The minimum absolute atomic E-state index is 0.0699. The van der Waals surface area contributed by atoms with Gasteiger partial charge in [-0.1, -0.05) is 18.6 Å². The Labute approximate surface area is 101 Å². The summed E-state index contributed by atoms with van der Waals surface area (Å²) in [7, 11) is 0. The Bertz CT molecular complexity index is 448. The van der Waals surface area contributed by atoms with Gasteiger partial charge in [0.1, 0.15) is 5.82 Å². The van der Waals surface area contributed by atoms with Crippen molar-refractivity contribution in [3.63, 3.8) is 0 Å². The minimum Gasteiger partial charge on any atom is -0.348 e. The average molecular weight is 233 g/mol. The molecule has 0 aromatic heterocycles. The number of hydrogen-bond donors (Lipinski definition) is 1. The van der Waals surface area contributed by atoms with Crippen LogP contribution in [0, 0.1) is 25.1 Å². The molecule has 0 fully saturated rings. The highest BCUT2D eigenvalue weighted by Crippen LogP contribution is 2.10. The molecule has 1 aromatic carbocycles. The smallest absolute Gasteiger partial charge is 0.254 e. The summed E-state index contributed by atoms with van der Waals surface area (Å²) >= 11 is 0. The first kappa shape index (κ1) is 13.2. The summed E-state index contributed by atoms with van der Waals surface area (Å²) in [4.78, 5) is 11.8. The highest BCUT2D eigenvalue weighted by Gasteiger charge is 2.15. The number of halogens is 1. The van der Waals surface area contributed by atoms with Crippen molar-refractivity contribution in [2.75, 3.05) is 0 Å². The predicted molar refractivity (Wildman–Crippen MR) is 66.1 cm³/mol. The number of benzene rings is 1. The van der Waals surface area contributed by atoms with Crippen LogP contribution in [0.3, 0.4) is 0 Å². The van der Waals surface area contributed by atoms with Crippen molar-refractivity contribution >= 4 is 5.91 Å². The summed E-state index contributed by atoms with van der Waals surface area (Å²) in [6.07, 6.45) is 6.38. The number of nitrogens with one attached hydrogen (secondary N) is 1. The van der Waals surface area contributed by atoms with Crippen LogP contribution in [0.15, 0.2) is 18.2 Å². The third-order valence-electron chi connectivity index (χ3n) is 2.56. The van der Waals surface area contributed by atoms with Gasteiger partial charge < -0.3 is 5.32 Å². The molecule has 1 N–H and O–H groups in total. The Balaban J connectivity index is 2.82. The van der Waals surface area contributed by atoms with Crippen LogP contribution in [0.1, 0.15) is 35.7 Å². The van der Waals surface area contributed by atoms with Gasteiger partial charge in [0, 0.05) is 12.5 Å². The fourth-order valence-corrected chi connectivity index (χ4v) is 1.52. The van der Waals surface area contributed by atoms with Crippen LogP contribution in [0.25, 0.3) is 0 Å². The molecule has 0 saturated heterocycles. The normalized spacial score (nSPS) is 11.6. The van der Waals surface area contributed by atoms with Crippen molar-refractivity contribution in [1.82, 2.24) is 5.32 Å². The van der Waals surface area contributed by atoms with Crippen molar-refractivity contribution in [1.29, 1.82) is 0 Å². The van der Waals surface area contributed by atoms with Gasteiger partial charge in [0.05, 0.1) is 5.56 Å². The number of rotatable bonds is 4. The fraction of sp³-hybridized carbons (Fsp3) is 0.357. The maximum absolute atomic E-state index is 13.5. The van der Waals surface area contributed by atoms with Crippen LogP contribution in [-0.4, -0.2) is 11.9 Å². The second-order valence-electron chi connectivity index (χ2n) is 3.97. The lowest BCUT2D eigenvalue weighted by Crippen LogP contribution is -2.34. The van der Waals surface area contributed by atoms with Gasteiger partial charge in [-0.25, -0.2) is 4.39 Å². The lowest BCUT2D eigenvalue weighted by atomic mass is 10.1. The van der Waals surface area contributed by atoms with Crippen molar-refractivity contribution in [3.8, 4) is 12.3 Å². The van der Waals surface area contributed by atoms with Crippen molar-refractivity contribution in [2.45, 2.75) is 32.7 Å². The molecule has 0 heterocycles. The van der Waals surface area contributed by atoms with Crippen molar-refractivity contribution < 1.29 is 9.18 Å². The van der Waals surface area contributed by atoms with Crippen LogP contribution in [-0.2, 0) is 0 Å². The van der Waals surface area contributed by atoms with Crippen LogP contribution < -0.4 is 5.32 Å². The molecule has 0 bridgehead atoms. The number of carbonyl (C=O) groups excluding carboxylic acids is 1. The Morgan fingerprint density at radius 3 is 2.88 bits per heavy atom. The third kappa shape index (κ3) is 3.60. The molecule has 1 unspecified atom stereocenters. The molecule has 2 nitrogen and oxygen atoms in total. The maximum atomic E-state index is 13.5. The first-order valence-corrected chi connectivity index (χ1v) is 5.59. The van der Waals surface area contributed by atoms with E-state index >= 15 is 0 Å². The number of hydrogen-bond acceptors (Lipinski definition) is 1. The number of terminal acetylenes is 1. The van der Waals surface area contributed by atoms with Crippen LogP contribution in [0.2, 0.25) is 0 Å². The van der Waals surface area contributed by atoms with Crippen molar-refractivity contribution in [2.24, 2.45) is 0 Å². The van der Waals surface area contributed by atoms with Gasteiger partial charge in [0.2, 0.25) is 0 Å². The maximum Gasteiger partial charge on any atom is 0.254 e. The number of amides is 1. The van der Waals surface area contributed by atoms with E-state index in [1.54, 1.807) is 6.07 Å². The molecule has 17 heavy (non-hydrogen) atoms. The van der Waals surface area contributed by atoms with Gasteiger partial charge in [-0.2, -0.15) is 0 Å². The molecule has 3 heteroatoms. The zero-order valence-corrected chi connectivity index (χ0v) is 10.1. The van der Waals surface area contributed by atoms with E-state index in [9.17, 15) is 9.18 Å². The molecular weight excluding hydrogens is 217 g/mol. The van der Waals surface area contributed by atoms with Crippen LogP contribution in [0.4, 0.5) is 4.39 Å². The molecule has 1 aromatic rings. The SMILES string of the molecule is C#CCC(CC)NC(=O)c1cc(C)ccc1F. The van der Waals surface area contributed by atoms with E-state index in [1.165, 1.54) is 12.1 Å². The van der Waals surface area contributed by atoms with Gasteiger partial charge in [-0.05, 0) is 25.5 Å². The molecule has 1 amide bonds.